The van der Waals surface area contributed by atoms with Crippen LogP contribution in [0, 0.1) is 3.57 Å². The van der Waals surface area contributed by atoms with E-state index in [1.807, 2.05) is 12.1 Å². The molecule has 0 saturated carbocycles. The van der Waals surface area contributed by atoms with Crippen LogP contribution in [0.15, 0.2) is 18.2 Å². The van der Waals surface area contributed by atoms with Gasteiger partial charge in [0.2, 0.25) is 0 Å². The lowest BCUT2D eigenvalue weighted by Crippen LogP contribution is -2.30. The van der Waals surface area contributed by atoms with Crippen molar-refractivity contribution in [3.05, 3.63) is 26.8 Å². The number of ether oxygens (including phenoxy) is 1. The smallest absolute Gasteiger partial charge is 0.0667 e. The van der Waals surface area contributed by atoms with E-state index >= 15 is 0 Å². The Hall–Kier alpha value is -0.000000000000000132. The van der Waals surface area contributed by atoms with E-state index in [-0.39, 0.29) is 0 Å². The summed E-state index contributed by atoms with van der Waals surface area (Å²) in [6.07, 6.45) is 2.28. The molecular weight excluding hydrogens is 324 g/mol. The molecule has 1 aliphatic rings. The molecule has 1 fully saturated rings. The molecule has 1 atom stereocenters. The second-order valence-corrected chi connectivity index (χ2v) is 5.34. The predicted molar refractivity (Wildman–Crippen MR) is 71.6 cm³/mol. The number of nitrogens with one attached hydrogen (secondary N) is 1. The summed E-state index contributed by atoms with van der Waals surface area (Å²) in [6, 6.07) is 6.45. The molecule has 4 heteroatoms. The van der Waals surface area contributed by atoms with Gasteiger partial charge in [-0.25, -0.2) is 0 Å². The zero-order valence-electron chi connectivity index (χ0n) is 8.30. The maximum atomic E-state index is 6.14. The van der Waals surface area contributed by atoms with E-state index < -0.39 is 0 Å². The van der Waals surface area contributed by atoms with Crippen molar-refractivity contribution in [1.82, 2.24) is 0 Å². The highest BCUT2D eigenvalue weighted by atomic mass is 127. The van der Waals surface area contributed by atoms with Gasteiger partial charge in [0.05, 0.1) is 17.3 Å². The van der Waals surface area contributed by atoms with Gasteiger partial charge in [0.25, 0.3) is 0 Å². The maximum absolute atomic E-state index is 6.14. The topological polar surface area (TPSA) is 21.3 Å². The van der Waals surface area contributed by atoms with Gasteiger partial charge in [-0.15, -0.1) is 0 Å². The Morgan fingerprint density at radius 1 is 1.47 bits per heavy atom. The number of hydrogen-bond donors (Lipinski definition) is 1. The molecule has 1 unspecified atom stereocenters. The van der Waals surface area contributed by atoms with Gasteiger partial charge >= 0.3 is 0 Å². The standard InChI is InChI=1S/C11H13ClINO/c12-10-6-8(13)3-4-11(10)14-9-2-1-5-15-7-9/h3-4,6,9,14H,1-2,5,7H2. The molecule has 1 aliphatic heterocycles. The third-order valence-corrected chi connectivity index (χ3v) is 3.43. The molecule has 0 radical (unpaired) electrons. The number of rotatable bonds is 2. The van der Waals surface area contributed by atoms with Gasteiger partial charge in [0.15, 0.2) is 0 Å². The van der Waals surface area contributed by atoms with Gasteiger partial charge in [-0.1, -0.05) is 11.6 Å². The Kier molecular flexibility index (Phi) is 4.11. The molecular formula is C11H13ClINO. The highest BCUT2D eigenvalue weighted by Gasteiger charge is 2.14. The van der Waals surface area contributed by atoms with Crippen LogP contribution in [0.3, 0.4) is 0 Å². The van der Waals surface area contributed by atoms with Gasteiger partial charge in [-0.2, -0.15) is 0 Å². The predicted octanol–water partition coefficient (Wildman–Crippen LogP) is 3.54. The largest absolute Gasteiger partial charge is 0.379 e. The number of hydrogen-bond acceptors (Lipinski definition) is 2. The summed E-state index contributed by atoms with van der Waals surface area (Å²) in [4.78, 5) is 0. The minimum Gasteiger partial charge on any atom is -0.379 e. The molecule has 1 saturated heterocycles. The molecule has 0 aromatic heterocycles. The molecule has 2 rings (SSSR count). The first-order chi connectivity index (χ1) is 7.25. The first kappa shape index (κ1) is 11.5. The fourth-order valence-electron chi connectivity index (χ4n) is 1.68. The highest BCUT2D eigenvalue weighted by Crippen LogP contribution is 2.25. The van der Waals surface area contributed by atoms with Crippen LogP contribution in [-0.2, 0) is 4.74 Å². The first-order valence-corrected chi connectivity index (χ1v) is 6.51. The van der Waals surface area contributed by atoms with Crippen molar-refractivity contribution in [1.29, 1.82) is 0 Å². The summed E-state index contributed by atoms with van der Waals surface area (Å²) in [5.74, 6) is 0. The zero-order chi connectivity index (χ0) is 10.7. The molecule has 0 bridgehead atoms. The Labute approximate surface area is 108 Å². The third kappa shape index (κ3) is 3.23. The lowest BCUT2D eigenvalue weighted by Gasteiger charge is -2.24. The van der Waals surface area contributed by atoms with Crippen LogP contribution >= 0.6 is 34.2 Å². The highest BCUT2D eigenvalue weighted by molar-refractivity contribution is 14.1. The second kappa shape index (κ2) is 5.37. The van der Waals surface area contributed by atoms with E-state index in [0.717, 1.165) is 40.3 Å². The molecule has 1 N–H and O–H groups in total. The van der Waals surface area contributed by atoms with Crippen LogP contribution in [0.4, 0.5) is 5.69 Å². The van der Waals surface area contributed by atoms with Crippen molar-refractivity contribution in [2.45, 2.75) is 18.9 Å². The van der Waals surface area contributed by atoms with Crippen molar-refractivity contribution in [3.8, 4) is 0 Å². The summed E-state index contributed by atoms with van der Waals surface area (Å²) >= 11 is 8.40. The Morgan fingerprint density at radius 3 is 3.00 bits per heavy atom. The lowest BCUT2D eigenvalue weighted by atomic mass is 10.1. The van der Waals surface area contributed by atoms with Gasteiger partial charge in [0.1, 0.15) is 0 Å². The summed E-state index contributed by atoms with van der Waals surface area (Å²) < 4.78 is 6.57. The number of halogens is 2. The Bertz CT molecular complexity index is 339. The van der Waals surface area contributed by atoms with Crippen molar-refractivity contribution in [3.63, 3.8) is 0 Å². The van der Waals surface area contributed by atoms with Gasteiger partial charge in [-0.3, -0.25) is 0 Å². The molecule has 0 amide bonds. The van der Waals surface area contributed by atoms with Gasteiger partial charge in [-0.05, 0) is 53.6 Å². The quantitative estimate of drug-likeness (QED) is 0.834. The van der Waals surface area contributed by atoms with Crippen molar-refractivity contribution in [2.75, 3.05) is 18.5 Å². The summed E-state index contributed by atoms with van der Waals surface area (Å²) in [6.45, 7) is 1.67. The monoisotopic (exact) mass is 337 g/mol. The van der Waals surface area contributed by atoms with E-state index in [1.165, 1.54) is 0 Å². The minimum absolute atomic E-state index is 0.399. The molecule has 0 aliphatic carbocycles. The SMILES string of the molecule is Clc1cc(I)ccc1NC1CCCOC1. The summed E-state index contributed by atoms with van der Waals surface area (Å²) in [7, 11) is 0. The molecule has 1 aromatic rings. The lowest BCUT2D eigenvalue weighted by molar-refractivity contribution is 0.0876. The van der Waals surface area contributed by atoms with E-state index in [2.05, 4.69) is 34.0 Å². The number of anilines is 1. The van der Waals surface area contributed by atoms with Crippen LogP contribution in [0.5, 0.6) is 0 Å². The average Bonchev–Trinajstić information content (AvgIpc) is 2.24. The van der Waals surface area contributed by atoms with Crippen molar-refractivity contribution in [2.24, 2.45) is 0 Å². The van der Waals surface area contributed by atoms with E-state index in [1.54, 1.807) is 0 Å². The average molecular weight is 338 g/mol. The zero-order valence-corrected chi connectivity index (χ0v) is 11.2. The Morgan fingerprint density at radius 2 is 2.33 bits per heavy atom. The molecule has 1 heterocycles. The molecule has 0 spiro atoms. The van der Waals surface area contributed by atoms with E-state index in [0.29, 0.717) is 6.04 Å². The normalized spacial score (nSPS) is 21.3. The van der Waals surface area contributed by atoms with Crippen molar-refractivity contribution >= 4 is 39.9 Å². The van der Waals surface area contributed by atoms with E-state index in [4.69, 9.17) is 16.3 Å². The summed E-state index contributed by atoms with van der Waals surface area (Å²) in [5, 5.41) is 4.20. The summed E-state index contributed by atoms with van der Waals surface area (Å²) in [5.41, 5.74) is 1.01. The fraction of sp³-hybridized carbons (Fsp3) is 0.455. The van der Waals surface area contributed by atoms with Crippen LogP contribution in [0.25, 0.3) is 0 Å². The van der Waals surface area contributed by atoms with Crippen LogP contribution in [0.2, 0.25) is 5.02 Å². The van der Waals surface area contributed by atoms with Crippen molar-refractivity contribution < 1.29 is 4.74 Å². The first-order valence-electron chi connectivity index (χ1n) is 5.05. The number of benzene rings is 1. The van der Waals surface area contributed by atoms with E-state index in [9.17, 15) is 0 Å². The molecule has 82 valence electrons. The molecule has 2 nitrogen and oxygen atoms in total. The van der Waals surface area contributed by atoms with Gasteiger partial charge < -0.3 is 10.1 Å². The fourth-order valence-corrected chi connectivity index (χ4v) is 2.59. The maximum Gasteiger partial charge on any atom is 0.0667 e. The van der Waals surface area contributed by atoms with Gasteiger partial charge in [0, 0.05) is 16.2 Å². The Balaban J connectivity index is 2.03. The van der Waals surface area contributed by atoms with Crippen LogP contribution < -0.4 is 5.32 Å². The second-order valence-electron chi connectivity index (χ2n) is 3.68. The minimum atomic E-state index is 0.399. The van der Waals surface area contributed by atoms with Crippen LogP contribution in [0.1, 0.15) is 12.8 Å². The molecule has 15 heavy (non-hydrogen) atoms. The molecule has 1 aromatic carbocycles. The third-order valence-electron chi connectivity index (χ3n) is 2.45. The van der Waals surface area contributed by atoms with Crippen LogP contribution in [-0.4, -0.2) is 19.3 Å².